The molecule has 0 spiro atoms. The van der Waals surface area contributed by atoms with E-state index in [1.165, 1.54) is 0 Å². The number of hydrogen-bond donors (Lipinski definition) is 3. The normalized spacial score (nSPS) is 12.2. The van der Waals surface area contributed by atoms with Crippen LogP contribution in [0.3, 0.4) is 0 Å². The molecule has 0 rings (SSSR count). The lowest BCUT2D eigenvalue weighted by Crippen LogP contribution is -2.41. The SMILES string of the molecule is C=C(C)CNC(=O)C(N)CCCCN. The molecule has 82 valence electrons. The molecule has 0 aromatic carbocycles. The minimum absolute atomic E-state index is 0.106. The van der Waals surface area contributed by atoms with E-state index in [4.69, 9.17) is 11.5 Å². The van der Waals surface area contributed by atoms with Crippen molar-refractivity contribution in [2.45, 2.75) is 32.2 Å². The van der Waals surface area contributed by atoms with Gasteiger partial charge in [0.2, 0.25) is 5.91 Å². The molecule has 0 saturated heterocycles. The van der Waals surface area contributed by atoms with Crippen LogP contribution in [0.2, 0.25) is 0 Å². The van der Waals surface area contributed by atoms with Crippen LogP contribution in [0, 0.1) is 0 Å². The van der Waals surface area contributed by atoms with Gasteiger partial charge in [-0.3, -0.25) is 4.79 Å². The first-order valence-electron chi connectivity index (χ1n) is 4.95. The summed E-state index contributed by atoms with van der Waals surface area (Å²) in [6.07, 6.45) is 2.51. The van der Waals surface area contributed by atoms with Crippen LogP contribution < -0.4 is 16.8 Å². The Morgan fingerprint density at radius 3 is 2.64 bits per heavy atom. The van der Waals surface area contributed by atoms with Crippen molar-refractivity contribution in [3.05, 3.63) is 12.2 Å². The molecule has 1 atom stereocenters. The number of hydrogen-bond acceptors (Lipinski definition) is 3. The van der Waals surface area contributed by atoms with Crippen molar-refractivity contribution >= 4 is 5.91 Å². The number of carbonyl (C=O) groups excluding carboxylic acids is 1. The lowest BCUT2D eigenvalue weighted by molar-refractivity contribution is -0.122. The molecular formula is C10H21N3O. The monoisotopic (exact) mass is 199 g/mol. The molecule has 4 heteroatoms. The minimum atomic E-state index is -0.416. The minimum Gasteiger partial charge on any atom is -0.351 e. The summed E-state index contributed by atoms with van der Waals surface area (Å²) in [5, 5.41) is 2.71. The molecule has 0 bridgehead atoms. The van der Waals surface area contributed by atoms with Gasteiger partial charge in [-0.1, -0.05) is 18.6 Å². The standard InChI is InChI=1S/C10H21N3O/c1-8(2)7-13-10(14)9(12)5-3-4-6-11/h9H,1,3-7,11-12H2,2H3,(H,13,14). The Hall–Kier alpha value is -0.870. The van der Waals surface area contributed by atoms with Crippen molar-refractivity contribution in [1.29, 1.82) is 0 Å². The second-order valence-electron chi connectivity index (χ2n) is 3.57. The Kier molecular flexibility index (Phi) is 7.06. The van der Waals surface area contributed by atoms with Gasteiger partial charge in [0.05, 0.1) is 6.04 Å². The van der Waals surface area contributed by atoms with Gasteiger partial charge in [0.1, 0.15) is 0 Å². The van der Waals surface area contributed by atoms with Crippen molar-refractivity contribution in [3.8, 4) is 0 Å². The zero-order chi connectivity index (χ0) is 11.0. The molecule has 4 nitrogen and oxygen atoms in total. The smallest absolute Gasteiger partial charge is 0.237 e. The van der Waals surface area contributed by atoms with Gasteiger partial charge in [0, 0.05) is 6.54 Å². The van der Waals surface area contributed by atoms with E-state index in [9.17, 15) is 4.79 Å². The van der Waals surface area contributed by atoms with Crippen LogP contribution in [0.25, 0.3) is 0 Å². The molecule has 0 aromatic rings. The van der Waals surface area contributed by atoms with E-state index in [2.05, 4.69) is 11.9 Å². The number of amides is 1. The maximum atomic E-state index is 11.3. The maximum absolute atomic E-state index is 11.3. The van der Waals surface area contributed by atoms with Crippen LogP contribution in [0.1, 0.15) is 26.2 Å². The van der Waals surface area contributed by atoms with Crippen LogP contribution >= 0.6 is 0 Å². The molecule has 1 unspecified atom stereocenters. The predicted molar refractivity (Wildman–Crippen MR) is 58.7 cm³/mol. The largest absolute Gasteiger partial charge is 0.351 e. The van der Waals surface area contributed by atoms with Crippen molar-refractivity contribution in [2.24, 2.45) is 11.5 Å². The van der Waals surface area contributed by atoms with E-state index >= 15 is 0 Å². The maximum Gasteiger partial charge on any atom is 0.237 e. The number of unbranched alkanes of at least 4 members (excludes halogenated alkanes) is 1. The number of nitrogens with one attached hydrogen (secondary N) is 1. The van der Waals surface area contributed by atoms with Crippen molar-refractivity contribution in [2.75, 3.05) is 13.1 Å². The average molecular weight is 199 g/mol. The molecule has 0 fully saturated rings. The van der Waals surface area contributed by atoms with Crippen LogP contribution in [0.15, 0.2) is 12.2 Å². The number of carbonyl (C=O) groups is 1. The van der Waals surface area contributed by atoms with E-state index in [1.54, 1.807) is 0 Å². The Balaban J connectivity index is 3.59. The molecule has 14 heavy (non-hydrogen) atoms. The summed E-state index contributed by atoms with van der Waals surface area (Å²) in [7, 11) is 0. The van der Waals surface area contributed by atoms with E-state index in [0.717, 1.165) is 18.4 Å². The first-order chi connectivity index (χ1) is 6.57. The summed E-state index contributed by atoms with van der Waals surface area (Å²) in [4.78, 5) is 11.3. The van der Waals surface area contributed by atoms with Gasteiger partial charge >= 0.3 is 0 Å². The van der Waals surface area contributed by atoms with E-state index in [0.29, 0.717) is 19.5 Å². The molecule has 0 aliphatic rings. The molecule has 0 heterocycles. The summed E-state index contributed by atoms with van der Waals surface area (Å²) in [6.45, 7) is 6.71. The second kappa shape index (κ2) is 7.53. The predicted octanol–water partition coefficient (Wildman–Crippen LogP) is 0.135. The Morgan fingerprint density at radius 2 is 2.14 bits per heavy atom. The highest BCUT2D eigenvalue weighted by Gasteiger charge is 2.11. The lowest BCUT2D eigenvalue weighted by atomic mass is 10.1. The Labute approximate surface area is 85.7 Å². The average Bonchev–Trinajstić information content (AvgIpc) is 2.14. The quantitative estimate of drug-likeness (QED) is 0.403. The van der Waals surface area contributed by atoms with E-state index < -0.39 is 6.04 Å². The van der Waals surface area contributed by atoms with Gasteiger partial charge < -0.3 is 16.8 Å². The lowest BCUT2D eigenvalue weighted by Gasteiger charge is -2.11. The zero-order valence-corrected chi connectivity index (χ0v) is 8.88. The van der Waals surface area contributed by atoms with E-state index in [-0.39, 0.29) is 5.91 Å². The molecule has 0 radical (unpaired) electrons. The van der Waals surface area contributed by atoms with Gasteiger partial charge in [-0.15, -0.1) is 0 Å². The van der Waals surface area contributed by atoms with Gasteiger partial charge in [-0.05, 0) is 26.3 Å². The van der Waals surface area contributed by atoms with Crippen LogP contribution in [-0.4, -0.2) is 25.0 Å². The molecule has 0 aromatic heterocycles. The third-order valence-electron chi connectivity index (χ3n) is 1.87. The summed E-state index contributed by atoms with van der Waals surface area (Å²) in [5.41, 5.74) is 11.9. The van der Waals surface area contributed by atoms with Crippen LogP contribution in [0.5, 0.6) is 0 Å². The topological polar surface area (TPSA) is 81.1 Å². The summed E-state index contributed by atoms with van der Waals surface area (Å²) in [6, 6.07) is -0.416. The van der Waals surface area contributed by atoms with Crippen LogP contribution in [0.4, 0.5) is 0 Å². The Morgan fingerprint density at radius 1 is 1.50 bits per heavy atom. The van der Waals surface area contributed by atoms with Gasteiger partial charge in [0.25, 0.3) is 0 Å². The van der Waals surface area contributed by atoms with E-state index in [1.807, 2.05) is 6.92 Å². The highest BCUT2D eigenvalue weighted by atomic mass is 16.2. The molecule has 0 saturated carbocycles. The molecule has 5 N–H and O–H groups in total. The van der Waals surface area contributed by atoms with Gasteiger partial charge in [-0.25, -0.2) is 0 Å². The Bertz CT molecular complexity index is 192. The fourth-order valence-electron chi connectivity index (χ4n) is 1.01. The summed E-state index contributed by atoms with van der Waals surface area (Å²) >= 11 is 0. The fraction of sp³-hybridized carbons (Fsp3) is 0.700. The zero-order valence-electron chi connectivity index (χ0n) is 8.88. The summed E-state index contributed by atoms with van der Waals surface area (Å²) in [5.74, 6) is -0.106. The molecule has 0 aliphatic heterocycles. The highest BCUT2D eigenvalue weighted by Crippen LogP contribution is 1.98. The van der Waals surface area contributed by atoms with Crippen molar-refractivity contribution < 1.29 is 4.79 Å². The highest BCUT2D eigenvalue weighted by molar-refractivity contribution is 5.81. The molecular weight excluding hydrogens is 178 g/mol. The third kappa shape index (κ3) is 6.62. The summed E-state index contributed by atoms with van der Waals surface area (Å²) < 4.78 is 0. The fourth-order valence-corrected chi connectivity index (χ4v) is 1.01. The first-order valence-corrected chi connectivity index (χ1v) is 4.95. The number of nitrogens with two attached hydrogens (primary N) is 2. The van der Waals surface area contributed by atoms with Gasteiger partial charge in [0.15, 0.2) is 0 Å². The van der Waals surface area contributed by atoms with Crippen molar-refractivity contribution in [3.63, 3.8) is 0 Å². The third-order valence-corrected chi connectivity index (χ3v) is 1.87. The molecule has 0 aliphatic carbocycles. The van der Waals surface area contributed by atoms with Crippen LogP contribution in [-0.2, 0) is 4.79 Å². The molecule has 1 amide bonds. The van der Waals surface area contributed by atoms with Gasteiger partial charge in [-0.2, -0.15) is 0 Å². The second-order valence-corrected chi connectivity index (χ2v) is 3.57. The van der Waals surface area contributed by atoms with Crippen molar-refractivity contribution in [1.82, 2.24) is 5.32 Å². The first kappa shape index (κ1) is 13.1. The number of rotatable bonds is 7.